The number of hydrogen-bond acceptors (Lipinski definition) is 8. The molecule has 9 nitrogen and oxygen atoms in total. The van der Waals surface area contributed by atoms with E-state index in [9.17, 15) is 19.5 Å². The smallest absolute Gasteiger partial charge is 0.358 e. The van der Waals surface area contributed by atoms with Crippen molar-refractivity contribution in [2.45, 2.75) is 27.9 Å². The Morgan fingerprint density at radius 2 is 1.38 bits per heavy atom. The zero-order valence-corrected chi connectivity index (χ0v) is 16.8. The molecular formula is C25H26N2O7. The summed E-state index contributed by atoms with van der Waals surface area (Å²) >= 11 is 0. The van der Waals surface area contributed by atoms with Crippen molar-refractivity contribution in [3.63, 3.8) is 0 Å². The molecule has 2 heterocycles. The maximum Gasteiger partial charge on any atom is 0.358 e. The fourth-order valence-electron chi connectivity index (χ4n) is 2.60. The summed E-state index contributed by atoms with van der Waals surface area (Å²) in [6.07, 6.45) is -0.998. The molecule has 2 N–H and O–H groups in total. The van der Waals surface area contributed by atoms with Crippen LogP contribution in [0.2, 0.25) is 0 Å². The summed E-state index contributed by atoms with van der Waals surface area (Å²) in [4.78, 5) is 33.4. The first-order valence-corrected chi connectivity index (χ1v) is 9.37. The van der Waals surface area contributed by atoms with Gasteiger partial charge in [-0.25, -0.2) is 4.79 Å². The lowest BCUT2D eigenvalue weighted by Crippen LogP contribution is -1.99. The van der Waals surface area contributed by atoms with E-state index in [0.717, 1.165) is 0 Å². The van der Waals surface area contributed by atoms with Crippen molar-refractivity contribution in [1.82, 2.24) is 10.3 Å². The molecule has 9 heteroatoms. The molecule has 0 radical (unpaired) electrons. The highest BCUT2D eigenvalue weighted by molar-refractivity contribution is 6.08. The molecule has 0 saturated carbocycles. The molecule has 4 rings (SSSR count). The maximum atomic E-state index is 11.8. The Labute approximate surface area is 196 Å². The first-order chi connectivity index (χ1) is 15.4. The molecule has 1 unspecified atom stereocenters. The molecule has 34 heavy (non-hydrogen) atoms. The quantitative estimate of drug-likeness (QED) is 0.382. The third kappa shape index (κ3) is 6.81. The molecule has 178 valence electrons. The second-order valence-corrected chi connectivity index (χ2v) is 6.56. The van der Waals surface area contributed by atoms with Crippen LogP contribution in [0.15, 0.2) is 81.8 Å². The van der Waals surface area contributed by atoms with Gasteiger partial charge < -0.3 is 19.3 Å². The van der Waals surface area contributed by atoms with Crippen molar-refractivity contribution in [2.75, 3.05) is 0 Å². The minimum Gasteiger partial charge on any atom is -0.476 e. The summed E-state index contributed by atoms with van der Waals surface area (Å²) in [5, 5.41) is 25.4. The maximum absolute atomic E-state index is 11.8. The number of Topliss-reactive ketones (excluding diaryl/α,β-unsaturated/α-hetero) is 1. The Morgan fingerprint density at radius 1 is 0.824 bits per heavy atom. The van der Waals surface area contributed by atoms with Crippen molar-refractivity contribution < 1.29 is 33.6 Å². The number of nitrogens with zero attached hydrogens (tertiary/aromatic N) is 2. The van der Waals surface area contributed by atoms with Gasteiger partial charge in [-0.1, -0.05) is 85.8 Å². The lowest BCUT2D eigenvalue weighted by Gasteiger charge is -2.05. The van der Waals surface area contributed by atoms with Gasteiger partial charge in [0.25, 0.3) is 0 Å². The molecule has 2 aromatic heterocycles. The van der Waals surface area contributed by atoms with Gasteiger partial charge in [0.1, 0.15) is 11.8 Å². The summed E-state index contributed by atoms with van der Waals surface area (Å²) in [6.45, 7) is 1.37. The van der Waals surface area contributed by atoms with E-state index in [0.29, 0.717) is 11.1 Å². The lowest BCUT2D eigenvalue weighted by molar-refractivity contribution is 0.0684. The van der Waals surface area contributed by atoms with Gasteiger partial charge >= 0.3 is 5.97 Å². The average Bonchev–Trinajstić information content (AvgIpc) is 3.50. The van der Waals surface area contributed by atoms with Crippen LogP contribution >= 0.6 is 0 Å². The van der Waals surface area contributed by atoms with Crippen LogP contribution in [-0.4, -0.2) is 38.1 Å². The molecule has 0 bridgehead atoms. The number of ketones is 2. The molecule has 0 fully saturated rings. The number of carbonyl (C=O) groups excluding carboxylic acids is 2. The Hall–Kier alpha value is -4.37. The van der Waals surface area contributed by atoms with Crippen molar-refractivity contribution in [2.24, 2.45) is 0 Å². The predicted octanol–water partition coefficient (Wildman–Crippen LogP) is 4.83. The van der Waals surface area contributed by atoms with E-state index in [1.165, 1.54) is 19.1 Å². The molecule has 0 aliphatic heterocycles. The van der Waals surface area contributed by atoms with Gasteiger partial charge in [0.15, 0.2) is 17.2 Å². The van der Waals surface area contributed by atoms with Gasteiger partial charge in [-0.2, -0.15) is 0 Å². The van der Waals surface area contributed by atoms with Crippen LogP contribution in [0.3, 0.4) is 0 Å². The van der Waals surface area contributed by atoms with E-state index < -0.39 is 12.1 Å². The molecule has 0 aliphatic carbocycles. The monoisotopic (exact) mass is 466 g/mol. The van der Waals surface area contributed by atoms with E-state index in [1.54, 1.807) is 48.5 Å². The number of aliphatic hydroxyl groups is 1. The highest BCUT2D eigenvalue weighted by Crippen LogP contribution is 2.22. The molecule has 0 aliphatic rings. The number of benzene rings is 2. The number of aromatic nitrogens is 2. The van der Waals surface area contributed by atoms with E-state index in [2.05, 4.69) is 10.3 Å². The topological polar surface area (TPSA) is 144 Å². The number of carboxylic acid groups (broad SMARTS) is 1. The molecule has 4 aromatic rings. The highest BCUT2D eigenvalue weighted by Gasteiger charge is 2.18. The number of aromatic carboxylic acids is 1. The zero-order chi connectivity index (χ0) is 23.1. The van der Waals surface area contributed by atoms with Crippen molar-refractivity contribution in [3.05, 3.63) is 107 Å². The Kier molecular flexibility index (Phi) is 10.3. The van der Waals surface area contributed by atoms with Crippen LogP contribution < -0.4 is 0 Å². The standard InChI is InChI=1S/C12H9NO3.C11H9NO4.2CH4/c1-8(14)10-7-11(16-13-10)12(15)9-5-3-2-4-6-9;13-10(7-4-2-1-3-5-7)9-6-8(11(14)15)12-16-9;;/h2-7H,1H3;1-6,10,13H,(H,14,15);2*1H4. The average molecular weight is 466 g/mol. The summed E-state index contributed by atoms with van der Waals surface area (Å²) < 4.78 is 9.58. The first kappa shape index (κ1) is 27.7. The fourth-order valence-corrected chi connectivity index (χ4v) is 2.60. The second-order valence-electron chi connectivity index (χ2n) is 6.56. The Bertz CT molecular complexity index is 1210. The molecule has 0 saturated heterocycles. The van der Waals surface area contributed by atoms with Crippen LogP contribution in [0.25, 0.3) is 0 Å². The van der Waals surface area contributed by atoms with Gasteiger partial charge in [0.05, 0.1) is 0 Å². The van der Waals surface area contributed by atoms with Crippen molar-refractivity contribution in [3.8, 4) is 0 Å². The van der Waals surface area contributed by atoms with Crippen molar-refractivity contribution in [1.29, 1.82) is 0 Å². The van der Waals surface area contributed by atoms with Gasteiger partial charge in [0.2, 0.25) is 11.5 Å². The lowest BCUT2D eigenvalue weighted by atomic mass is 10.1. The number of hydrogen-bond donors (Lipinski definition) is 2. The van der Waals surface area contributed by atoms with Crippen LogP contribution in [-0.2, 0) is 0 Å². The predicted molar refractivity (Wildman–Crippen MR) is 124 cm³/mol. The Morgan fingerprint density at radius 3 is 1.88 bits per heavy atom. The summed E-state index contributed by atoms with van der Waals surface area (Å²) in [7, 11) is 0. The minimum atomic E-state index is -1.18. The molecule has 1 atom stereocenters. The van der Waals surface area contributed by atoms with Crippen LogP contribution in [0, 0.1) is 0 Å². The van der Waals surface area contributed by atoms with Gasteiger partial charge in [-0.3, -0.25) is 9.59 Å². The molecule has 0 spiro atoms. The third-order valence-corrected chi connectivity index (χ3v) is 4.26. The van der Waals surface area contributed by atoms with E-state index >= 15 is 0 Å². The van der Waals surface area contributed by atoms with Gasteiger partial charge in [0, 0.05) is 24.6 Å². The van der Waals surface area contributed by atoms with Crippen LogP contribution in [0.4, 0.5) is 0 Å². The first-order valence-electron chi connectivity index (χ1n) is 9.37. The van der Waals surface area contributed by atoms with Crippen LogP contribution in [0.5, 0.6) is 0 Å². The number of carbonyl (C=O) groups is 3. The van der Waals surface area contributed by atoms with E-state index in [4.69, 9.17) is 14.2 Å². The fraction of sp³-hybridized carbons (Fsp3) is 0.160. The van der Waals surface area contributed by atoms with Gasteiger partial charge in [-0.15, -0.1) is 0 Å². The highest BCUT2D eigenvalue weighted by atomic mass is 16.5. The van der Waals surface area contributed by atoms with E-state index in [-0.39, 0.29) is 49.3 Å². The Balaban J connectivity index is 0.000000321. The van der Waals surface area contributed by atoms with Gasteiger partial charge in [-0.05, 0) is 5.56 Å². The van der Waals surface area contributed by atoms with Crippen LogP contribution in [0.1, 0.15) is 76.3 Å². The van der Waals surface area contributed by atoms with E-state index in [1.807, 2.05) is 12.1 Å². The second kappa shape index (κ2) is 12.6. The largest absolute Gasteiger partial charge is 0.476 e. The molecule has 0 amide bonds. The number of aliphatic hydroxyl groups excluding tert-OH is 1. The summed E-state index contributed by atoms with van der Waals surface area (Å²) in [6, 6.07) is 20.1. The zero-order valence-electron chi connectivity index (χ0n) is 16.8. The minimum absolute atomic E-state index is 0. The summed E-state index contributed by atoms with van der Waals surface area (Å²) in [5.41, 5.74) is 1.08. The normalized spacial score (nSPS) is 10.5. The number of rotatable bonds is 6. The number of carboxylic acids is 1. The van der Waals surface area contributed by atoms with Crippen molar-refractivity contribution >= 4 is 17.5 Å². The summed E-state index contributed by atoms with van der Waals surface area (Å²) in [5.74, 6) is -1.49. The molecular weight excluding hydrogens is 440 g/mol. The molecule has 2 aromatic carbocycles. The SMILES string of the molecule is C.C.CC(=O)c1cc(C(=O)c2ccccc2)on1.O=C(O)c1cc(C(O)c2ccccc2)on1. The third-order valence-electron chi connectivity index (χ3n) is 4.26.